The highest BCUT2D eigenvalue weighted by Gasteiger charge is 2.43. The number of ether oxygens (including phenoxy) is 1. The Morgan fingerprint density at radius 2 is 2.00 bits per heavy atom. The molecule has 2 aliphatic heterocycles. The van der Waals surface area contributed by atoms with E-state index in [4.69, 9.17) is 4.74 Å². The quantitative estimate of drug-likeness (QED) is 0.834. The average Bonchev–Trinajstić information content (AvgIpc) is 3.33. The fourth-order valence-corrected chi connectivity index (χ4v) is 5.22. The Balaban J connectivity index is 1.31. The van der Waals surface area contributed by atoms with Crippen LogP contribution in [-0.2, 0) is 6.54 Å². The molecule has 3 heterocycles. The van der Waals surface area contributed by atoms with Crippen LogP contribution in [0.4, 0.5) is 0 Å². The molecule has 1 N–H and O–H groups in total. The minimum absolute atomic E-state index is 0.0146. The molecule has 1 aromatic carbocycles. The van der Waals surface area contributed by atoms with Gasteiger partial charge in [-0.05, 0) is 60.1 Å². The number of nitrogens with one attached hydrogen (secondary N) is 1. The number of nitrogens with zero attached hydrogens (tertiary/aromatic N) is 1. The second-order valence-corrected chi connectivity index (χ2v) is 9.12. The lowest BCUT2D eigenvalue weighted by molar-refractivity contribution is -0.0263. The molecule has 0 bridgehead atoms. The van der Waals surface area contributed by atoms with E-state index in [9.17, 15) is 0 Å². The van der Waals surface area contributed by atoms with Gasteiger partial charge < -0.3 is 15.0 Å². The maximum Gasteiger partial charge on any atom is 0.124 e. The molecule has 1 saturated heterocycles. The highest BCUT2D eigenvalue weighted by molar-refractivity contribution is 7.07. The largest absolute Gasteiger partial charge is 0.487 e. The second-order valence-electron chi connectivity index (χ2n) is 8.34. The van der Waals surface area contributed by atoms with Crippen LogP contribution in [0.1, 0.15) is 49.3 Å². The molecule has 3 nitrogen and oxygen atoms in total. The summed E-state index contributed by atoms with van der Waals surface area (Å²) >= 11 is 1.77. The van der Waals surface area contributed by atoms with Gasteiger partial charge >= 0.3 is 0 Å². The van der Waals surface area contributed by atoms with Crippen molar-refractivity contribution < 1.29 is 4.74 Å². The minimum atomic E-state index is 0.0146. The van der Waals surface area contributed by atoms with Crippen molar-refractivity contribution >= 4 is 11.3 Å². The Hall–Kier alpha value is -1.36. The molecule has 0 amide bonds. The second kappa shape index (κ2) is 6.99. The van der Waals surface area contributed by atoms with Gasteiger partial charge in [0.15, 0.2) is 0 Å². The summed E-state index contributed by atoms with van der Waals surface area (Å²) in [5, 5.41) is 8.22. The van der Waals surface area contributed by atoms with Gasteiger partial charge in [0.05, 0.1) is 0 Å². The number of para-hydroxylation sites is 1. The summed E-state index contributed by atoms with van der Waals surface area (Å²) in [6.07, 6.45) is 6.29. The normalized spacial score (nSPS) is 25.0. The first-order valence-corrected chi connectivity index (χ1v) is 11.0. The maximum absolute atomic E-state index is 6.63. The number of piperidine rings is 1. The zero-order valence-corrected chi connectivity index (χ0v) is 16.1. The molecule has 1 atom stereocenters. The summed E-state index contributed by atoms with van der Waals surface area (Å²) in [5.41, 5.74) is 2.72. The van der Waals surface area contributed by atoms with E-state index in [1.165, 1.54) is 43.6 Å². The first-order chi connectivity index (χ1) is 12.8. The van der Waals surface area contributed by atoms with Gasteiger partial charge in [0.25, 0.3) is 0 Å². The highest BCUT2D eigenvalue weighted by atomic mass is 32.1. The molecule has 2 aromatic rings. The molecule has 0 radical (unpaired) electrons. The lowest BCUT2D eigenvalue weighted by atomic mass is 9.80. The van der Waals surface area contributed by atoms with Gasteiger partial charge in [-0.3, -0.25) is 0 Å². The predicted molar refractivity (Wildman–Crippen MR) is 107 cm³/mol. The van der Waals surface area contributed by atoms with E-state index in [-0.39, 0.29) is 5.60 Å². The van der Waals surface area contributed by atoms with E-state index in [0.717, 1.165) is 37.5 Å². The molecule has 5 rings (SSSR count). The van der Waals surface area contributed by atoms with Crippen LogP contribution in [0.3, 0.4) is 0 Å². The number of fused-ring (bicyclic) bond motifs is 1. The number of hydrogen-bond donors (Lipinski definition) is 1. The molecule has 138 valence electrons. The van der Waals surface area contributed by atoms with Crippen LogP contribution in [0.25, 0.3) is 0 Å². The summed E-state index contributed by atoms with van der Waals surface area (Å²) in [5.74, 6) is 2.08. The summed E-state index contributed by atoms with van der Waals surface area (Å²) in [6, 6.07) is 11.2. The van der Waals surface area contributed by atoms with Crippen LogP contribution in [0.5, 0.6) is 5.75 Å². The van der Waals surface area contributed by atoms with Crippen LogP contribution < -0.4 is 10.1 Å². The van der Waals surface area contributed by atoms with Gasteiger partial charge in [0.1, 0.15) is 11.4 Å². The number of likely N-dealkylation sites (tertiary alicyclic amines) is 1. The third-order valence-electron chi connectivity index (χ3n) is 6.31. The molecular weight excluding hydrogens is 340 g/mol. The van der Waals surface area contributed by atoms with E-state index in [2.05, 4.69) is 51.3 Å². The molecule has 26 heavy (non-hydrogen) atoms. The topological polar surface area (TPSA) is 24.5 Å². The van der Waals surface area contributed by atoms with Crippen molar-refractivity contribution in [2.75, 3.05) is 19.6 Å². The van der Waals surface area contributed by atoms with E-state index in [0.29, 0.717) is 6.04 Å². The smallest absolute Gasteiger partial charge is 0.124 e. The molecule has 1 saturated carbocycles. The Labute approximate surface area is 160 Å². The third-order valence-corrected chi connectivity index (χ3v) is 7.04. The molecule has 2 fully saturated rings. The Bertz CT molecular complexity index is 732. The highest BCUT2D eigenvalue weighted by Crippen LogP contribution is 2.44. The van der Waals surface area contributed by atoms with Gasteiger partial charge in [0, 0.05) is 44.2 Å². The predicted octanol–water partition coefficient (Wildman–Crippen LogP) is 4.61. The number of hydrogen-bond acceptors (Lipinski definition) is 4. The molecule has 1 aromatic heterocycles. The maximum atomic E-state index is 6.63. The van der Waals surface area contributed by atoms with Crippen molar-refractivity contribution in [3.8, 4) is 5.75 Å². The van der Waals surface area contributed by atoms with Gasteiger partial charge in [-0.15, -0.1) is 0 Å². The molecule has 0 unspecified atom stereocenters. The van der Waals surface area contributed by atoms with Crippen molar-refractivity contribution in [2.24, 2.45) is 5.92 Å². The molecule has 1 aliphatic carbocycles. The van der Waals surface area contributed by atoms with Gasteiger partial charge in [-0.1, -0.05) is 18.2 Å². The Morgan fingerprint density at radius 1 is 1.15 bits per heavy atom. The zero-order valence-electron chi connectivity index (χ0n) is 15.3. The summed E-state index contributed by atoms with van der Waals surface area (Å²) < 4.78 is 6.63. The molecule has 3 aliphatic rings. The Kier molecular flexibility index (Phi) is 4.51. The van der Waals surface area contributed by atoms with Crippen molar-refractivity contribution in [2.45, 2.75) is 50.3 Å². The van der Waals surface area contributed by atoms with E-state index in [1.54, 1.807) is 11.3 Å². The minimum Gasteiger partial charge on any atom is -0.487 e. The van der Waals surface area contributed by atoms with Gasteiger partial charge in [-0.2, -0.15) is 11.3 Å². The van der Waals surface area contributed by atoms with Gasteiger partial charge in [-0.25, -0.2) is 0 Å². The van der Waals surface area contributed by atoms with Crippen LogP contribution >= 0.6 is 11.3 Å². The molecular formula is C22H28N2OS. The van der Waals surface area contributed by atoms with Crippen LogP contribution in [0.2, 0.25) is 0 Å². The lowest BCUT2D eigenvalue weighted by Gasteiger charge is -2.47. The standard InChI is InChI=1S/C22H28N2OS/c1-2-4-21-19(3-1)20(23-14-18-7-12-26-16-18)13-22(25-21)8-10-24(11-9-22)15-17-5-6-17/h1-4,7,12,16-17,20,23H,5-6,8-11,13-15H2/t20-/m1/s1. The van der Waals surface area contributed by atoms with Gasteiger partial charge in [0.2, 0.25) is 0 Å². The number of rotatable bonds is 5. The fourth-order valence-electron chi connectivity index (χ4n) is 4.55. The number of thiophene rings is 1. The van der Waals surface area contributed by atoms with Crippen LogP contribution in [-0.4, -0.2) is 30.1 Å². The number of benzene rings is 1. The molecule has 4 heteroatoms. The van der Waals surface area contributed by atoms with Crippen molar-refractivity contribution in [1.29, 1.82) is 0 Å². The van der Waals surface area contributed by atoms with Crippen molar-refractivity contribution in [3.63, 3.8) is 0 Å². The zero-order chi connectivity index (χ0) is 17.4. The van der Waals surface area contributed by atoms with E-state index < -0.39 is 0 Å². The SMILES string of the molecule is c1ccc2c(c1)OC1(CCN(CC3CC3)CC1)C[C@H]2NCc1ccsc1. The summed E-state index contributed by atoms with van der Waals surface area (Å²) in [4.78, 5) is 2.67. The van der Waals surface area contributed by atoms with E-state index in [1.807, 2.05) is 0 Å². The third kappa shape index (κ3) is 3.55. The van der Waals surface area contributed by atoms with Crippen LogP contribution in [0.15, 0.2) is 41.1 Å². The first-order valence-electron chi connectivity index (χ1n) is 10.0. The Morgan fingerprint density at radius 3 is 2.77 bits per heavy atom. The van der Waals surface area contributed by atoms with Crippen molar-refractivity contribution in [3.05, 3.63) is 52.2 Å². The summed E-state index contributed by atoms with van der Waals surface area (Å²) in [6.45, 7) is 4.63. The summed E-state index contributed by atoms with van der Waals surface area (Å²) in [7, 11) is 0. The first kappa shape index (κ1) is 16.8. The van der Waals surface area contributed by atoms with Crippen molar-refractivity contribution in [1.82, 2.24) is 10.2 Å². The lowest BCUT2D eigenvalue weighted by Crippen LogP contribution is -2.52. The fraction of sp³-hybridized carbons (Fsp3) is 0.545. The van der Waals surface area contributed by atoms with Crippen LogP contribution in [0, 0.1) is 5.92 Å². The van der Waals surface area contributed by atoms with E-state index >= 15 is 0 Å². The monoisotopic (exact) mass is 368 g/mol. The molecule has 1 spiro atoms. The average molecular weight is 369 g/mol.